The fourth-order valence-electron chi connectivity index (χ4n) is 1.93. The number of aryl methyl sites for hydroxylation is 2. The van der Waals surface area contributed by atoms with Crippen LogP contribution in [0, 0.1) is 19.7 Å². The zero-order valence-electron chi connectivity index (χ0n) is 11.4. The van der Waals surface area contributed by atoms with Gasteiger partial charge in [0, 0.05) is 11.9 Å². The molecular weight excluding hydrogens is 257 g/mol. The second-order valence-electron chi connectivity index (χ2n) is 4.65. The summed E-state index contributed by atoms with van der Waals surface area (Å²) in [5.41, 5.74) is 8.03. The van der Waals surface area contributed by atoms with Crippen molar-refractivity contribution >= 4 is 11.6 Å². The Kier molecular flexibility index (Phi) is 3.98. The summed E-state index contributed by atoms with van der Waals surface area (Å²) in [5, 5.41) is 2.65. The van der Waals surface area contributed by atoms with Crippen molar-refractivity contribution in [3.05, 3.63) is 58.7 Å². The molecule has 20 heavy (non-hydrogen) atoms. The van der Waals surface area contributed by atoms with Crippen molar-refractivity contribution in [2.75, 3.05) is 5.73 Å². The van der Waals surface area contributed by atoms with Crippen molar-refractivity contribution in [3.8, 4) is 0 Å². The molecule has 4 nitrogen and oxygen atoms in total. The molecule has 1 aromatic heterocycles. The number of benzene rings is 1. The van der Waals surface area contributed by atoms with Crippen LogP contribution in [0.25, 0.3) is 0 Å². The van der Waals surface area contributed by atoms with Crippen LogP contribution in [0.1, 0.15) is 27.2 Å². The highest BCUT2D eigenvalue weighted by Crippen LogP contribution is 2.17. The Hall–Kier alpha value is -2.43. The van der Waals surface area contributed by atoms with E-state index in [4.69, 9.17) is 5.73 Å². The number of halogens is 1. The number of hydrogen-bond donors (Lipinski definition) is 2. The molecule has 0 spiro atoms. The molecule has 1 amide bonds. The predicted octanol–water partition coefficient (Wildman–Crippen LogP) is 2.35. The predicted molar refractivity (Wildman–Crippen MR) is 75.7 cm³/mol. The molecular formula is C15H16FN3O. The topological polar surface area (TPSA) is 68.0 Å². The summed E-state index contributed by atoms with van der Waals surface area (Å²) in [6, 6.07) is 6.55. The lowest BCUT2D eigenvalue weighted by atomic mass is 10.1. The summed E-state index contributed by atoms with van der Waals surface area (Å²) in [4.78, 5) is 16.2. The number of nitrogen functional groups attached to an aromatic ring is 1. The minimum Gasteiger partial charge on any atom is -0.399 e. The van der Waals surface area contributed by atoms with E-state index in [0.29, 0.717) is 11.3 Å². The Labute approximate surface area is 116 Å². The van der Waals surface area contributed by atoms with Gasteiger partial charge in [-0.1, -0.05) is 6.07 Å². The third-order valence-electron chi connectivity index (χ3n) is 3.06. The van der Waals surface area contributed by atoms with Crippen LogP contribution in [-0.4, -0.2) is 10.9 Å². The van der Waals surface area contributed by atoms with E-state index >= 15 is 0 Å². The molecule has 0 saturated carbocycles. The van der Waals surface area contributed by atoms with Crippen molar-refractivity contribution in [1.29, 1.82) is 0 Å². The molecule has 0 atom stereocenters. The van der Waals surface area contributed by atoms with Gasteiger partial charge >= 0.3 is 0 Å². The minimum atomic E-state index is -0.547. The smallest absolute Gasteiger partial charge is 0.254 e. The number of rotatable bonds is 3. The van der Waals surface area contributed by atoms with Crippen LogP contribution >= 0.6 is 0 Å². The van der Waals surface area contributed by atoms with Gasteiger partial charge in [0.05, 0.1) is 17.8 Å². The summed E-state index contributed by atoms with van der Waals surface area (Å²) < 4.78 is 13.9. The van der Waals surface area contributed by atoms with Gasteiger partial charge in [0.15, 0.2) is 0 Å². The number of carbonyl (C=O) groups is 1. The molecule has 5 heteroatoms. The maximum atomic E-state index is 13.9. The van der Waals surface area contributed by atoms with E-state index in [1.807, 2.05) is 19.1 Å². The molecule has 3 N–H and O–H groups in total. The quantitative estimate of drug-likeness (QED) is 0.843. The first-order valence-electron chi connectivity index (χ1n) is 6.23. The van der Waals surface area contributed by atoms with E-state index in [1.165, 1.54) is 12.1 Å². The molecule has 0 radical (unpaired) electrons. The third-order valence-corrected chi connectivity index (χ3v) is 3.06. The van der Waals surface area contributed by atoms with Crippen molar-refractivity contribution in [3.63, 3.8) is 0 Å². The molecule has 2 aromatic rings. The monoisotopic (exact) mass is 273 g/mol. The van der Waals surface area contributed by atoms with Gasteiger partial charge in [-0.2, -0.15) is 0 Å². The Morgan fingerprint density at radius 3 is 2.80 bits per heavy atom. The zero-order chi connectivity index (χ0) is 14.7. The molecule has 2 rings (SSSR count). The number of nitrogens with two attached hydrogens (primary N) is 1. The largest absolute Gasteiger partial charge is 0.399 e. The standard InChI is InChI=1S/C15H16FN3O/c1-9-4-3-5-18-13(9)8-19-15(20)12-7-11(17)6-10(2)14(12)16/h3-7H,8,17H2,1-2H3,(H,19,20). The number of aromatic nitrogens is 1. The number of hydrogen-bond acceptors (Lipinski definition) is 3. The summed E-state index contributed by atoms with van der Waals surface area (Å²) >= 11 is 0. The number of pyridine rings is 1. The highest BCUT2D eigenvalue weighted by molar-refractivity contribution is 5.95. The molecule has 1 heterocycles. The van der Waals surface area contributed by atoms with Gasteiger partial charge in [-0.05, 0) is 43.2 Å². The number of nitrogens with zero attached hydrogens (tertiary/aromatic N) is 1. The van der Waals surface area contributed by atoms with E-state index in [1.54, 1.807) is 13.1 Å². The molecule has 0 aliphatic heterocycles. The SMILES string of the molecule is Cc1cccnc1CNC(=O)c1cc(N)cc(C)c1F. The van der Waals surface area contributed by atoms with Crippen LogP contribution in [0.3, 0.4) is 0 Å². The average molecular weight is 273 g/mol. The van der Waals surface area contributed by atoms with Crippen LogP contribution in [0.2, 0.25) is 0 Å². The first kappa shape index (κ1) is 14.0. The fraction of sp³-hybridized carbons (Fsp3) is 0.200. The Morgan fingerprint density at radius 2 is 2.10 bits per heavy atom. The fourth-order valence-corrected chi connectivity index (χ4v) is 1.93. The van der Waals surface area contributed by atoms with Crippen LogP contribution < -0.4 is 11.1 Å². The normalized spacial score (nSPS) is 10.3. The summed E-state index contributed by atoms with van der Waals surface area (Å²) in [6.45, 7) is 3.73. The zero-order valence-corrected chi connectivity index (χ0v) is 11.4. The van der Waals surface area contributed by atoms with E-state index in [2.05, 4.69) is 10.3 Å². The highest BCUT2D eigenvalue weighted by atomic mass is 19.1. The van der Waals surface area contributed by atoms with Crippen LogP contribution in [0.15, 0.2) is 30.5 Å². The number of carbonyl (C=O) groups excluding carboxylic acids is 1. The third kappa shape index (κ3) is 2.93. The molecule has 0 unspecified atom stereocenters. The van der Waals surface area contributed by atoms with E-state index < -0.39 is 11.7 Å². The Balaban J connectivity index is 2.15. The highest BCUT2D eigenvalue weighted by Gasteiger charge is 2.14. The average Bonchev–Trinajstić information content (AvgIpc) is 2.41. The van der Waals surface area contributed by atoms with E-state index in [-0.39, 0.29) is 12.1 Å². The Morgan fingerprint density at radius 1 is 1.35 bits per heavy atom. The van der Waals surface area contributed by atoms with Crippen LogP contribution in [0.4, 0.5) is 10.1 Å². The molecule has 0 aliphatic rings. The molecule has 1 aromatic carbocycles. The van der Waals surface area contributed by atoms with Crippen molar-refractivity contribution < 1.29 is 9.18 Å². The maximum Gasteiger partial charge on any atom is 0.254 e. The number of amides is 1. The van der Waals surface area contributed by atoms with Crippen molar-refractivity contribution in [1.82, 2.24) is 10.3 Å². The molecule has 104 valence electrons. The number of anilines is 1. The van der Waals surface area contributed by atoms with Crippen LogP contribution in [0.5, 0.6) is 0 Å². The van der Waals surface area contributed by atoms with Crippen molar-refractivity contribution in [2.24, 2.45) is 0 Å². The molecule has 0 saturated heterocycles. The van der Waals surface area contributed by atoms with Gasteiger partial charge in [-0.15, -0.1) is 0 Å². The van der Waals surface area contributed by atoms with E-state index in [0.717, 1.165) is 11.3 Å². The molecule has 0 bridgehead atoms. The van der Waals surface area contributed by atoms with Gasteiger partial charge in [0.1, 0.15) is 5.82 Å². The number of nitrogens with one attached hydrogen (secondary N) is 1. The van der Waals surface area contributed by atoms with Gasteiger partial charge < -0.3 is 11.1 Å². The van der Waals surface area contributed by atoms with Gasteiger partial charge in [0.2, 0.25) is 0 Å². The lowest BCUT2D eigenvalue weighted by Gasteiger charge is -2.09. The van der Waals surface area contributed by atoms with E-state index in [9.17, 15) is 9.18 Å². The second-order valence-corrected chi connectivity index (χ2v) is 4.65. The Bertz CT molecular complexity index is 656. The first-order valence-corrected chi connectivity index (χ1v) is 6.23. The van der Waals surface area contributed by atoms with Gasteiger partial charge in [-0.3, -0.25) is 9.78 Å². The summed E-state index contributed by atoms with van der Waals surface area (Å²) in [7, 11) is 0. The lowest BCUT2D eigenvalue weighted by Crippen LogP contribution is -2.25. The summed E-state index contributed by atoms with van der Waals surface area (Å²) in [6.07, 6.45) is 1.65. The lowest BCUT2D eigenvalue weighted by molar-refractivity contribution is 0.0946. The maximum absolute atomic E-state index is 13.9. The minimum absolute atomic E-state index is 0.0453. The van der Waals surface area contributed by atoms with Gasteiger partial charge in [0.25, 0.3) is 5.91 Å². The summed E-state index contributed by atoms with van der Waals surface area (Å²) in [5.74, 6) is -1.04. The molecule has 0 fully saturated rings. The van der Waals surface area contributed by atoms with Crippen molar-refractivity contribution in [2.45, 2.75) is 20.4 Å². The first-order chi connectivity index (χ1) is 9.49. The van der Waals surface area contributed by atoms with Gasteiger partial charge in [-0.25, -0.2) is 4.39 Å². The van der Waals surface area contributed by atoms with Crippen LogP contribution in [-0.2, 0) is 6.54 Å². The second kappa shape index (κ2) is 5.69. The molecule has 0 aliphatic carbocycles.